The molecule has 0 N–H and O–H groups in total. The van der Waals surface area contributed by atoms with Crippen LogP contribution in [0.1, 0.15) is 32.1 Å². The van der Waals surface area contributed by atoms with Crippen LogP contribution < -0.4 is 4.74 Å². The van der Waals surface area contributed by atoms with Gasteiger partial charge in [0.05, 0.1) is 0 Å². The SMILES string of the molecule is O=C(C1CCN(CCOc2ccc(Cl)cc2)CC1)N1CCCCC1. The average Bonchev–Trinajstić information content (AvgIpc) is 2.64. The Kier molecular flexibility index (Phi) is 6.38. The Morgan fingerprint density at radius 1 is 1.04 bits per heavy atom. The summed E-state index contributed by atoms with van der Waals surface area (Å²) >= 11 is 5.87. The number of carbonyl (C=O) groups excluding carboxylic acids is 1. The zero-order chi connectivity index (χ0) is 16.8. The molecule has 2 fully saturated rings. The number of amides is 1. The first-order valence-corrected chi connectivity index (χ1v) is 9.50. The van der Waals surface area contributed by atoms with E-state index >= 15 is 0 Å². The lowest BCUT2D eigenvalue weighted by molar-refractivity contribution is -0.138. The van der Waals surface area contributed by atoms with E-state index in [2.05, 4.69) is 9.80 Å². The number of hydrogen-bond donors (Lipinski definition) is 0. The molecule has 1 amide bonds. The number of nitrogens with zero attached hydrogens (tertiary/aromatic N) is 2. The van der Waals surface area contributed by atoms with Crippen molar-refractivity contribution in [1.29, 1.82) is 0 Å². The quantitative estimate of drug-likeness (QED) is 0.815. The highest BCUT2D eigenvalue weighted by Gasteiger charge is 2.28. The number of ether oxygens (including phenoxy) is 1. The number of hydrogen-bond acceptors (Lipinski definition) is 3. The molecule has 2 aliphatic heterocycles. The summed E-state index contributed by atoms with van der Waals surface area (Å²) in [4.78, 5) is 17.0. The van der Waals surface area contributed by atoms with Gasteiger partial charge in [0, 0.05) is 30.6 Å². The lowest BCUT2D eigenvalue weighted by Crippen LogP contribution is -2.45. The monoisotopic (exact) mass is 350 g/mol. The molecule has 0 aliphatic carbocycles. The van der Waals surface area contributed by atoms with E-state index in [-0.39, 0.29) is 5.92 Å². The maximum atomic E-state index is 12.6. The molecule has 2 saturated heterocycles. The second-order valence-corrected chi connectivity index (χ2v) is 7.24. The molecule has 0 bridgehead atoms. The minimum Gasteiger partial charge on any atom is -0.492 e. The van der Waals surface area contributed by atoms with Gasteiger partial charge in [-0.1, -0.05) is 11.6 Å². The Hall–Kier alpha value is -1.26. The van der Waals surface area contributed by atoms with Crippen molar-refractivity contribution in [1.82, 2.24) is 9.80 Å². The van der Waals surface area contributed by atoms with Crippen LogP contribution in [0.4, 0.5) is 0 Å². The number of benzene rings is 1. The molecule has 1 aromatic rings. The third-order valence-corrected chi connectivity index (χ3v) is 5.35. The van der Waals surface area contributed by atoms with Crippen molar-refractivity contribution < 1.29 is 9.53 Å². The third-order valence-electron chi connectivity index (χ3n) is 5.09. The molecule has 4 nitrogen and oxygen atoms in total. The first kappa shape index (κ1) is 17.6. The lowest BCUT2D eigenvalue weighted by Gasteiger charge is -2.35. The standard InChI is InChI=1S/C19H27ClN2O2/c20-17-4-6-18(7-5-17)24-15-14-21-12-8-16(9-13-21)19(23)22-10-2-1-3-11-22/h4-7,16H,1-3,8-15H2. The van der Waals surface area contributed by atoms with E-state index in [1.54, 1.807) is 0 Å². The summed E-state index contributed by atoms with van der Waals surface area (Å²) < 4.78 is 5.76. The molecule has 1 aromatic carbocycles. The zero-order valence-corrected chi connectivity index (χ0v) is 15.0. The summed E-state index contributed by atoms with van der Waals surface area (Å²) in [5, 5.41) is 0.725. The molecule has 0 atom stereocenters. The van der Waals surface area contributed by atoms with Crippen molar-refractivity contribution in [2.75, 3.05) is 39.3 Å². The second kappa shape index (κ2) is 8.72. The molecule has 0 aromatic heterocycles. The van der Waals surface area contributed by atoms with Crippen LogP contribution in [0.25, 0.3) is 0 Å². The Morgan fingerprint density at radius 2 is 1.71 bits per heavy atom. The van der Waals surface area contributed by atoms with Crippen LogP contribution in [-0.2, 0) is 4.79 Å². The van der Waals surface area contributed by atoms with E-state index in [1.165, 1.54) is 19.3 Å². The normalized spacial score (nSPS) is 20.1. The predicted octanol–water partition coefficient (Wildman–Crippen LogP) is 3.44. The summed E-state index contributed by atoms with van der Waals surface area (Å²) in [6.07, 6.45) is 5.58. The van der Waals surface area contributed by atoms with Crippen molar-refractivity contribution >= 4 is 17.5 Å². The highest BCUT2D eigenvalue weighted by Crippen LogP contribution is 2.22. The molecule has 0 unspecified atom stereocenters. The summed E-state index contributed by atoms with van der Waals surface area (Å²) in [5.41, 5.74) is 0. The number of halogens is 1. The van der Waals surface area contributed by atoms with Crippen LogP contribution in [0.5, 0.6) is 5.75 Å². The van der Waals surface area contributed by atoms with Crippen LogP contribution in [0, 0.1) is 5.92 Å². The van der Waals surface area contributed by atoms with Gasteiger partial charge in [0.1, 0.15) is 12.4 Å². The molecule has 24 heavy (non-hydrogen) atoms. The largest absolute Gasteiger partial charge is 0.492 e. The van der Waals surface area contributed by atoms with Gasteiger partial charge in [-0.15, -0.1) is 0 Å². The summed E-state index contributed by atoms with van der Waals surface area (Å²) in [6.45, 7) is 5.50. The summed E-state index contributed by atoms with van der Waals surface area (Å²) in [6, 6.07) is 7.47. The van der Waals surface area contributed by atoms with Gasteiger partial charge in [0.15, 0.2) is 0 Å². The van der Waals surface area contributed by atoms with Crippen LogP contribution in [0.15, 0.2) is 24.3 Å². The van der Waals surface area contributed by atoms with E-state index in [1.807, 2.05) is 24.3 Å². The number of likely N-dealkylation sites (tertiary alicyclic amines) is 2. The van der Waals surface area contributed by atoms with E-state index < -0.39 is 0 Å². The third kappa shape index (κ3) is 4.87. The number of rotatable bonds is 5. The van der Waals surface area contributed by atoms with E-state index in [4.69, 9.17) is 16.3 Å². The molecule has 2 aliphatic rings. The first-order chi connectivity index (χ1) is 11.7. The maximum Gasteiger partial charge on any atom is 0.225 e. The fourth-order valence-electron chi connectivity index (χ4n) is 3.60. The number of piperidine rings is 2. The fraction of sp³-hybridized carbons (Fsp3) is 0.632. The minimum atomic E-state index is 0.233. The average molecular weight is 351 g/mol. The van der Waals surface area contributed by atoms with Crippen LogP contribution in [0.2, 0.25) is 5.02 Å². The van der Waals surface area contributed by atoms with Gasteiger partial charge in [-0.25, -0.2) is 0 Å². The highest BCUT2D eigenvalue weighted by atomic mass is 35.5. The van der Waals surface area contributed by atoms with Crippen molar-refractivity contribution in [3.8, 4) is 5.75 Å². The Balaban J connectivity index is 1.35. The summed E-state index contributed by atoms with van der Waals surface area (Å²) in [5.74, 6) is 1.48. The Morgan fingerprint density at radius 3 is 2.38 bits per heavy atom. The minimum absolute atomic E-state index is 0.233. The maximum absolute atomic E-state index is 12.6. The van der Waals surface area contributed by atoms with Gasteiger partial charge in [-0.2, -0.15) is 0 Å². The van der Waals surface area contributed by atoms with Crippen molar-refractivity contribution in [3.63, 3.8) is 0 Å². The number of carbonyl (C=O) groups is 1. The molecular weight excluding hydrogens is 324 g/mol. The van der Waals surface area contributed by atoms with Crippen molar-refractivity contribution in [3.05, 3.63) is 29.3 Å². The van der Waals surface area contributed by atoms with Gasteiger partial charge >= 0.3 is 0 Å². The van der Waals surface area contributed by atoms with Crippen molar-refractivity contribution in [2.45, 2.75) is 32.1 Å². The van der Waals surface area contributed by atoms with E-state index in [0.29, 0.717) is 12.5 Å². The van der Waals surface area contributed by atoms with Gasteiger partial charge < -0.3 is 9.64 Å². The molecule has 0 spiro atoms. The molecule has 0 saturated carbocycles. The predicted molar refractivity (Wildman–Crippen MR) is 96.5 cm³/mol. The Bertz CT molecular complexity index is 521. The molecule has 2 heterocycles. The van der Waals surface area contributed by atoms with E-state index in [0.717, 1.165) is 56.3 Å². The van der Waals surface area contributed by atoms with Crippen LogP contribution in [0.3, 0.4) is 0 Å². The topological polar surface area (TPSA) is 32.8 Å². The molecule has 5 heteroatoms. The van der Waals surface area contributed by atoms with Gasteiger partial charge in [0.2, 0.25) is 5.91 Å². The van der Waals surface area contributed by atoms with Gasteiger partial charge in [0.25, 0.3) is 0 Å². The lowest BCUT2D eigenvalue weighted by atomic mass is 9.94. The molecule has 0 radical (unpaired) electrons. The summed E-state index contributed by atoms with van der Waals surface area (Å²) in [7, 11) is 0. The first-order valence-electron chi connectivity index (χ1n) is 9.12. The molecule has 132 valence electrons. The van der Waals surface area contributed by atoms with Crippen molar-refractivity contribution in [2.24, 2.45) is 5.92 Å². The van der Waals surface area contributed by atoms with Crippen LogP contribution >= 0.6 is 11.6 Å². The van der Waals surface area contributed by atoms with Gasteiger partial charge in [-0.3, -0.25) is 9.69 Å². The smallest absolute Gasteiger partial charge is 0.225 e. The van der Waals surface area contributed by atoms with Crippen LogP contribution in [-0.4, -0.2) is 55.0 Å². The van der Waals surface area contributed by atoms with Gasteiger partial charge in [-0.05, 0) is 69.5 Å². The van der Waals surface area contributed by atoms with E-state index in [9.17, 15) is 4.79 Å². The zero-order valence-electron chi connectivity index (χ0n) is 14.3. The Labute approximate surface area is 149 Å². The highest BCUT2D eigenvalue weighted by molar-refractivity contribution is 6.30. The second-order valence-electron chi connectivity index (χ2n) is 6.80. The fourth-order valence-corrected chi connectivity index (χ4v) is 3.73. The molecular formula is C19H27ClN2O2. The molecule has 3 rings (SSSR count).